The monoisotopic (exact) mass is 458 g/mol. The standard InChI is InChI=1S/C11H12N2O4.C10H10N2O4/c1-6-7(2)11(17)13(10(6)16)5-12-8(14)3-4-9(12)15;1-6-4-9(15)12(10(6)16)5-11-7(13)2-3-8(11)14/h3-4,6-7H,5H2,1-2H3;2-3,6H,4-5H2,1H3. The lowest BCUT2D eigenvalue weighted by Crippen LogP contribution is -2.44. The van der Waals surface area contributed by atoms with E-state index in [4.69, 9.17) is 0 Å². The Bertz CT molecular complexity index is 989. The van der Waals surface area contributed by atoms with Crippen LogP contribution in [-0.4, -0.2) is 80.2 Å². The molecule has 4 aliphatic heterocycles. The molecule has 0 aromatic carbocycles. The van der Waals surface area contributed by atoms with Gasteiger partial charge >= 0.3 is 0 Å². The van der Waals surface area contributed by atoms with Crippen molar-refractivity contribution >= 4 is 47.3 Å². The number of likely N-dealkylation sites (tertiary alicyclic amines) is 2. The molecule has 12 heteroatoms. The summed E-state index contributed by atoms with van der Waals surface area (Å²) in [7, 11) is 0. The molecule has 0 aliphatic carbocycles. The van der Waals surface area contributed by atoms with Crippen LogP contribution in [0.5, 0.6) is 0 Å². The van der Waals surface area contributed by atoms with Gasteiger partial charge in [0.25, 0.3) is 23.6 Å². The lowest BCUT2D eigenvalue weighted by atomic mass is 10.00. The Morgan fingerprint density at radius 1 is 0.576 bits per heavy atom. The van der Waals surface area contributed by atoms with E-state index in [0.29, 0.717) is 0 Å². The van der Waals surface area contributed by atoms with Gasteiger partial charge in [-0.1, -0.05) is 20.8 Å². The molecule has 12 nitrogen and oxygen atoms in total. The average molecular weight is 458 g/mol. The zero-order valence-corrected chi connectivity index (χ0v) is 18.2. The highest BCUT2D eigenvalue weighted by Crippen LogP contribution is 2.26. The van der Waals surface area contributed by atoms with Crippen LogP contribution in [0.4, 0.5) is 0 Å². The minimum absolute atomic E-state index is 0.141. The summed E-state index contributed by atoms with van der Waals surface area (Å²) in [6.45, 7) is 4.42. The van der Waals surface area contributed by atoms with E-state index in [1.165, 1.54) is 0 Å². The van der Waals surface area contributed by atoms with Crippen LogP contribution in [0.2, 0.25) is 0 Å². The van der Waals surface area contributed by atoms with Crippen molar-refractivity contribution in [3.05, 3.63) is 24.3 Å². The van der Waals surface area contributed by atoms with Gasteiger partial charge in [0.05, 0.1) is 0 Å². The second-order valence-electron chi connectivity index (χ2n) is 8.11. The van der Waals surface area contributed by atoms with Crippen molar-refractivity contribution in [2.24, 2.45) is 17.8 Å². The number of imide groups is 4. The molecule has 4 heterocycles. The molecule has 3 atom stereocenters. The number of carbonyl (C=O) groups is 8. The van der Waals surface area contributed by atoms with Crippen molar-refractivity contribution in [3.8, 4) is 0 Å². The zero-order valence-electron chi connectivity index (χ0n) is 18.2. The van der Waals surface area contributed by atoms with E-state index in [9.17, 15) is 38.4 Å². The Morgan fingerprint density at radius 2 is 0.939 bits per heavy atom. The van der Waals surface area contributed by atoms with Crippen molar-refractivity contribution in [2.75, 3.05) is 13.3 Å². The van der Waals surface area contributed by atoms with Crippen LogP contribution in [0.3, 0.4) is 0 Å². The first-order chi connectivity index (χ1) is 15.4. The van der Waals surface area contributed by atoms with Gasteiger partial charge in [0.1, 0.15) is 13.3 Å². The largest absolute Gasteiger partial charge is 0.274 e. The third kappa shape index (κ3) is 4.36. The van der Waals surface area contributed by atoms with E-state index >= 15 is 0 Å². The fraction of sp³-hybridized carbons (Fsp3) is 0.429. The molecule has 0 bridgehead atoms. The Kier molecular flexibility index (Phi) is 6.38. The van der Waals surface area contributed by atoms with Gasteiger partial charge in [0.2, 0.25) is 23.6 Å². The summed E-state index contributed by atoms with van der Waals surface area (Å²) in [6.07, 6.45) is 4.64. The SMILES string of the molecule is CC1C(=O)N(CN2C(=O)C=CC2=O)C(=O)C1C.CC1CC(=O)N(CN2C(=O)C=CC2=O)C1=O. The third-order valence-corrected chi connectivity index (χ3v) is 5.90. The van der Waals surface area contributed by atoms with Crippen LogP contribution in [-0.2, 0) is 38.4 Å². The number of hydrogen-bond donors (Lipinski definition) is 0. The van der Waals surface area contributed by atoms with Crippen molar-refractivity contribution in [2.45, 2.75) is 27.2 Å². The van der Waals surface area contributed by atoms with Crippen LogP contribution < -0.4 is 0 Å². The first kappa shape index (κ1) is 23.7. The Balaban J connectivity index is 0.000000186. The van der Waals surface area contributed by atoms with Gasteiger partial charge in [-0.3, -0.25) is 58.0 Å². The maximum absolute atomic E-state index is 11.8. The molecule has 0 aromatic rings. The molecule has 3 unspecified atom stereocenters. The van der Waals surface area contributed by atoms with Crippen LogP contribution in [0.15, 0.2) is 24.3 Å². The molecule has 8 amide bonds. The maximum atomic E-state index is 11.8. The van der Waals surface area contributed by atoms with E-state index < -0.39 is 35.5 Å². The number of hydrogen-bond acceptors (Lipinski definition) is 8. The zero-order chi connectivity index (χ0) is 24.6. The van der Waals surface area contributed by atoms with E-state index in [-0.39, 0.29) is 49.3 Å². The summed E-state index contributed by atoms with van der Waals surface area (Å²) in [5, 5.41) is 0. The summed E-state index contributed by atoms with van der Waals surface area (Å²) in [6, 6.07) is 0. The minimum Gasteiger partial charge on any atom is -0.274 e. The number of carbonyl (C=O) groups excluding carboxylic acids is 8. The fourth-order valence-corrected chi connectivity index (χ4v) is 3.59. The molecule has 2 saturated heterocycles. The van der Waals surface area contributed by atoms with E-state index in [1.54, 1.807) is 20.8 Å². The lowest BCUT2D eigenvalue weighted by molar-refractivity contribution is -0.150. The summed E-state index contributed by atoms with van der Waals surface area (Å²) in [4.78, 5) is 95.3. The van der Waals surface area contributed by atoms with Gasteiger partial charge in [0, 0.05) is 48.5 Å². The maximum Gasteiger partial charge on any atom is 0.255 e. The topological polar surface area (TPSA) is 150 Å². The van der Waals surface area contributed by atoms with Crippen LogP contribution in [0.25, 0.3) is 0 Å². The first-order valence-corrected chi connectivity index (χ1v) is 10.2. The average Bonchev–Trinajstić information content (AvgIpc) is 3.40. The normalized spacial score (nSPS) is 27.1. The number of nitrogens with zero attached hydrogens (tertiary/aromatic N) is 4. The van der Waals surface area contributed by atoms with Crippen LogP contribution >= 0.6 is 0 Å². The van der Waals surface area contributed by atoms with E-state index in [2.05, 4.69) is 0 Å². The van der Waals surface area contributed by atoms with E-state index in [0.717, 1.165) is 43.9 Å². The summed E-state index contributed by atoms with van der Waals surface area (Å²) < 4.78 is 0. The van der Waals surface area contributed by atoms with Gasteiger partial charge in [0.15, 0.2) is 0 Å². The van der Waals surface area contributed by atoms with Crippen LogP contribution in [0, 0.1) is 17.8 Å². The smallest absolute Gasteiger partial charge is 0.255 e. The first-order valence-electron chi connectivity index (χ1n) is 10.2. The highest BCUT2D eigenvalue weighted by Gasteiger charge is 2.44. The van der Waals surface area contributed by atoms with Gasteiger partial charge in [-0.05, 0) is 0 Å². The molecule has 4 aliphatic rings. The predicted octanol–water partition coefficient (Wildman–Crippen LogP) is -1.23. The molecular formula is C21H22N4O8. The molecule has 0 N–H and O–H groups in total. The second kappa shape index (κ2) is 8.88. The molecule has 4 rings (SSSR count). The van der Waals surface area contributed by atoms with Crippen molar-refractivity contribution in [1.82, 2.24) is 19.6 Å². The highest BCUT2D eigenvalue weighted by molar-refractivity contribution is 6.14. The predicted molar refractivity (Wildman–Crippen MR) is 108 cm³/mol. The Hall–Kier alpha value is -3.96. The molecule has 0 radical (unpaired) electrons. The Morgan fingerprint density at radius 3 is 1.27 bits per heavy atom. The molecule has 0 saturated carbocycles. The summed E-state index contributed by atoms with van der Waals surface area (Å²) >= 11 is 0. The quantitative estimate of drug-likeness (QED) is 0.476. The van der Waals surface area contributed by atoms with Crippen molar-refractivity contribution in [3.63, 3.8) is 0 Å². The highest BCUT2D eigenvalue weighted by atomic mass is 16.2. The molecule has 33 heavy (non-hydrogen) atoms. The van der Waals surface area contributed by atoms with E-state index in [1.807, 2.05) is 0 Å². The fourth-order valence-electron chi connectivity index (χ4n) is 3.59. The number of rotatable bonds is 4. The third-order valence-electron chi connectivity index (χ3n) is 5.90. The molecular weight excluding hydrogens is 436 g/mol. The van der Waals surface area contributed by atoms with Crippen LogP contribution in [0.1, 0.15) is 27.2 Å². The molecule has 174 valence electrons. The van der Waals surface area contributed by atoms with Gasteiger partial charge in [-0.25, -0.2) is 0 Å². The molecule has 0 spiro atoms. The second-order valence-corrected chi connectivity index (χ2v) is 8.11. The number of amides is 8. The lowest BCUT2D eigenvalue weighted by Gasteiger charge is -2.21. The summed E-state index contributed by atoms with van der Waals surface area (Å²) in [5.74, 6) is -4.51. The van der Waals surface area contributed by atoms with Crippen molar-refractivity contribution in [1.29, 1.82) is 0 Å². The molecule has 2 fully saturated rings. The van der Waals surface area contributed by atoms with Crippen molar-refractivity contribution < 1.29 is 38.4 Å². The minimum atomic E-state index is -0.497. The van der Waals surface area contributed by atoms with Gasteiger partial charge in [-0.15, -0.1) is 0 Å². The van der Waals surface area contributed by atoms with Gasteiger partial charge in [-0.2, -0.15) is 0 Å². The Labute approximate surface area is 188 Å². The molecule has 0 aromatic heterocycles. The summed E-state index contributed by atoms with van der Waals surface area (Å²) in [5.41, 5.74) is 0. The van der Waals surface area contributed by atoms with Gasteiger partial charge < -0.3 is 0 Å².